The minimum Gasteiger partial charge on any atom is -0.459 e. The van der Waals surface area contributed by atoms with E-state index in [2.05, 4.69) is 5.32 Å². The Hall–Kier alpha value is -1.33. The average Bonchev–Trinajstić information content (AvgIpc) is 3.06. The quantitative estimate of drug-likeness (QED) is 0.824. The first-order valence-corrected chi connectivity index (χ1v) is 6.36. The van der Waals surface area contributed by atoms with Crippen LogP contribution in [0, 0.1) is 0 Å². The van der Waals surface area contributed by atoms with Gasteiger partial charge in [-0.05, 0) is 31.5 Å². The molecule has 5 nitrogen and oxygen atoms in total. The second kappa shape index (κ2) is 6.56. The molecule has 1 aliphatic rings. The molecule has 2 heterocycles. The molecule has 1 atom stereocenters. The molecule has 2 rings (SSSR count). The molecule has 1 fully saturated rings. The van der Waals surface area contributed by atoms with Gasteiger partial charge in [-0.15, -0.1) is 0 Å². The Morgan fingerprint density at radius 1 is 1.67 bits per heavy atom. The highest BCUT2D eigenvalue weighted by atomic mass is 16.5. The number of methoxy groups -OCH3 is 1. The summed E-state index contributed by atoms with van der Waals surface area (Å²) in [6, 6.07) is 3.82. The van der Waals surface area contributed by atoms with Gasteiger partial charge in [0.25, 0.3) is 5.91 Å². The van der Waals surface area contributed by atoms with E-state index in [-0.39, 0.29) is 5.91 Å². The summed E-state index contributed by atoms with van der Waals surface area (Å²) in [7, 11) is 1.64. The summed E-state index contributed by atoms with van der Waals surface area (Å²) in [5.74, 6) is 0.329. The molecule has 1 aliphatic heterocycles. The fourth-order valence-electron chi connectivity index (χ4n) is 2.21. The maximum Gasteiger partial charge on any atom is 0.289 e. The third kappa shape index (κ3) is 3.34. The van der Waals surface area contributed by atoms with Crippen LogP contribution in [0.25, 0.3) is 0 Å². The maximum absolute atomic E-state index is 12.2. The summed E-state index contributed by atoms with van der Waals surface area (Å²) in [6.07, 6.45) is 3.82. The number of ether oxygens (including phenoxy) is 1. The van der Waals surface area contributed by atoms with Crippen LogP contribution in [0.3, 0.4) is 0 Å². The molecule has 0 aliphatic carbocycles. The van der Waals surface area contributed by atoms with Gasteiger partial charge >= 0.3 is 0 Å². The van der Waals surface area contributed by atoms with Gasteiger partial charge in [-0.2, -0.15) is 0 Å². The van der Waals surface area contributed by atoms with Gasteiger partial charge in [-0.25, -0.2) is 0 Å². The van der Waals surface area contributed by atoms with Crippen molar-refractivity contribution in [1.29, 1.82) is 0 Å². The summed E-state index contributed by atoms with van der Waals surface area (Å²) in [5.41, 5.74) is 0. The highest BCUT2D eigenvalue weighted by Gasteiger charge is 2.23. The van der Waals surface area contributed by atoms with Gasteiger partial charge in [0.2, 0.25) is 0 Å². The molecule has 1 amide bonds. The first-order valence-electron chi connectivity index (χ1n) is 6.36. The van der Waals surface area contributed by atoms with Crippen LogP contribution in [0.1, 0.15) is 23.4 Å². The van der Waals surface area contributed by atoms with E-state index in [1.54, 1.807) is 24.1 Å². The Labute approximate surface area is 107 Å². The number of nitrogens with zero attached hydrogens (tertiary/aromatic N) is 1. The fourth-order valence-corrected chi connectivity index (χ4v) is 2.21. The lowest BCUT2D eigenvalue weighted by molar-refractivity contribution is 0.0648. The highest BCUT2D eigenvalue weighted by molar-refractivity contribution is 5.91. The van der Waals surface area contributed by atoms with Crippen LogP contribution in [-0.2, 0) is 4.74 Å². The van der Waals surface area contributed by atoms with E-state index < -0.39 is 0 Å². The monoisotopic (exact) mass is 252 g/mol. The van der Waals surface area contributed by atoms with Crippen LogP contribution in [0.2, 0.25) is 0 Å². The molecule has 0 aromatic carbocycles. The molecule has 1 N–H and O–H groups in total. The van der Waals surface area contributed by atoms with Crippen LogP contribution in [0.5, 0.6) is 0 Å². The molecule has 0 radical (unpaired) electrons. The molecule has 0 saturated carbocycles. The summed E-state index contributed by atoms with van der Waals surface area (Å²) in [6.45, 7) is 2.88. The Bertz CT molecular complexity index is 358. The zero-order valence-corrected chi connectivity index (χ0v) is 10.7. The van der Waals surface area contributed by atoms with Crippen LogP contribution in [-0.4, -0.2) is 50.2 Å². The zero-order valence-electron chi connectivity index (χ0n) is 10.7. The van der Waals surface area contributed by atoms with E-state index in [0.717, 1.165) is 13.0 Å². The van der Waals surface area contributed by atoms with Crippen molar-refractivity contribution in [1.82, 2.24) is 10.2 Å². The second-order valence-electron chi connectivity index (χ2n) is 4.51. The van der Waals surface area contributed by atoms with E-state index in [1.807, 2.05) is 0 Å². The zero-order chi connectivity index (χ0) is 12.8. The van der Waals surface area contributed by atoms with Crippen LogP contribution < -0.4 is 5.32 Å². The van der Waals surface area contributed by atoms with Gasteiger partial charge < -0.3 is 19.4 Å². The second-order valence-corrected chi connectivity index (χ2v) is 4.51. The topological polar surface area (TPSA) is 54.7 Å². The summed E-state index contributed by atoms with van der Waals surface area (Å²) in [4.78, 5) is 14.0. The van der Waals surface area contributed by atoms with Crippen molar-refractivity contribution in [3.8, 4) is 0 Å². The number of hydrogen-bond donors (Lipinski definition) is 1. The van der Waals surface area contributed by atoms with Crippen molar-refractivity contribution >= 4 is 5.91 Å². The fraction of sp³-hybridized carbons (Fsp3) is 0.615. The lowest BCUT2D eigenvalue weighted by Crippen LogP contribution is -2.42. The van der Waals surface area contributed by atoms with Gasteiger partial charge in [0.1, 0.15) is 0 Å². The molecule has 100 valence electrons. The molecular formula is C13H20N2O3. The molecule has 1 aromatic rings. The first kappa shape index (κ1) is 13.1. The predicted octanol–water partition coefficient (Wildman–Crippen LogP) is 1.12. The molecule has 0 bridgehead atoms. The van der Waals surface area contributed by atoms with Crippen molar-refractivity contribution in [3.05, 3.63) is 24.2 Å². The van der Waals surface area contributed by atoms with Crippen molar-refractivity contribution < 1.29 is 13.9 Å². The number of amides is 1. The third-order valence-electron chi connectivity index (χ3n) is 3.19. The maximum atomic E-state index is 12.2. The van der Waals surface area contributed by atoms with Crippen molar-refractivity contribution in [3.63, 3.8) is 0 Å². The molecule has 1 unspecified atom stereocenters. The van der Waals surface area contributed by atoms with E-state index >= 15 is 0 Å². The summed E-state index contributed by atoms with van der Waals surface area (Å²) >= 11 is 0. The minimum absolute atomic E-state index is 0.0641. The van der Waals surface area contributed by atoms with E-state index in [1.165, 1.54) is 12.7 Å². The van der Waals surface area contributed by atoms with E-state index in [4.69, 9.17) is 9.15 Å². The predicted molar refractivity (Wildman–Crippen MR) is 67.5 cm³/mol. The molecule has 0 spiro atoms. The first-order chi connectivity index (χ1) is 8.81. The van der Waals surface area contributed by atoms with Crippen LogP contribution in [0.15, 0.2) is 22.8 Å². The Kier molecular flexibility index (Phi) is 4.78. The summed E-state index contributed by atoms with van der Waals surface area (Å²) in [5, 5.41) is 3.40. The number of hydrogen-bond acceptors (Lipinski definition) is 4. The van der Waals surface area contributed by atoms with E-state index in [0.29, 0.717) is 31.5 Å². The molecule has 5 heteroatoms. The van der Waals surface area contributed by atoms with Gasteiger partial charge in [-0.1, -0.05) is 0 Å². The molecule has 18 heavy (non-hydrogen) atoms. The number of furan rings is 1. The van der Waals surface area contributed by atoms with Crippen molar-refractivity contribution in [2.45, 2.75) is 18.9 Å². The lowest BCUT2D eigenvalue weighted by Gasteiger charge is -2.24. The lowest BCUT2D eigenvalue weighted by atomic mass is 10.2. The van der Waals surface area contributed by atoms with E-state index in [9.17, 15) is 4.79 Å². The number of carbonyl (C=O) groups excluding carboxylic acids is 1. The largest absolute Gasteiger partial charge is 0.459 e. The van der Waals surface area contributed by atoms with Gasteiger partial charge in [0, 0.05) is 26.2 Å². The Balaban J connectivity index is 1.96. The van der Waals surface area contributed by atoms with Gasteiger partial charge in [0.05, 0.1) is 12.9 Å². The van der Waals surface area contributed by atoms with Crippen LogP contribution in [0.4, 0.5) is 0 Å². The highest BCUT2D eigenvalue weighted by Crippen LogP contribution is 2.11. The molecule has 1 aromatic heterocycles. The smallest absolute Gasteiger partial charge is 0.289 e. The summed E-state index contributed by atoms with van der Waals surface area (Å²) < 4.78 is 10.2. The Morgan fingerprint density at radius 2 is 2.56 bits per heavy atom. The normalized spacial score (nSPS) is 19.1. The number of nitrogens with one attached hydrogen (secondary N) is 1. The van der Waals surface area contributed by atoms with Gasteiger partial charge in [0.15, 0.2) is 5.76 Å². The van der Waals surface area contributed by atoms with Crippen LogP contribution >= 0.6 is 0 Å². The number of rotatable bonds is 6. The standard InChI is InChI=1S/C13H20N2O3/c1-17-9-7-15(10-11-4-2-6-14-11)13(16)12-5-3-8-18-12/h3,5,8,11,14H,2,4,6-7,9-10H2,1H3. The van der Waals surface area contributed by atoms with Crippen molar-refractivity contribution in [2.24, 2.45) is 0 Å². The minimum atomic E-state index is -0.0641. The average molecular weight is 252 g/mol. The molecular weight excluding hydrogens is 232 g/mol. The van der Waals surface area contributed by atoms with Gasteiger partial charge in [-0.3, -0.25) is 4.79 Å². The Morgan fingerprint density at radius 3 is 3.17 bits per heavy atom. The molecule has 1 saturated heterocycles. The third-order valence-corrected chi connectivity index (χ3v) is 3.19. The van der Waals surface area contributed by atoms with Crippen molar-refractivity contribution in [2.75, 3.05) is 33.4 Å². The SMILES string of the molecule is COCCN(CC1CCCN1)C(=O)c1ccco1. The number of carbonyl (C=O) groups is 1.